The molecule has 5 nitrogen and oxygen atoms in total. The van der Waals surface area contributed by atoms with Gasteiger partial charge in [0.05, 0.1) is 17.0 Å². The smallest absolute Gasteiger partial charge is 0.276 e. The van der Waals surface area contributed by atoms with E-state index in [1.54, 1.807) is 4.57 Å². The van der Waals surface area contributed by atoms with Gasteiger partial charge in [0.1, 0.15) is 4.70 Å². The van der Waals surface area contributed by atoms with Gasteiger partial charge in [0, 0.05) is 6.54 Å². The van der Waals surface area contributed by atoms with Crippen molar-refractivity contribution in [3.8, 4) is 5.69 Å². The predicted octanol–water partition coefficient (Wildman–Crippen LogP) is 3.76. The Bertz CT molecular complexity index is 978. The van der Waals surface area contributed by atoms with Crippen molar-refractivity contribution < 1.29 is 4.79 Å². The summed E-state index contributed by atoms with van der Waals surface area (Å²) >= 11 is 2.68. The van der Waals surface area contributed by atoms with E-state index in [0.717, 1.165) is 24.1 Å². The number of rotatable bonds is 7. The number of nitrogens with one attached hydrogen (secondary N) is 1. The van der Waals surface area contributed by atoms with Gasteiger partial charge >= 0.3 is 0 Å². The van der Waals surface area contributed by atoms with Crippen LogP contribution in [0, 0.1) is 6.92 Å². The molecule has 3 aromatic rings. The first kappa shape index (κ1) is 18.7. The Kier molecular flexibility index (Phi) is 6.11. The second-order valence-electron chi connectivity index (χ2n) is 6.00. The summed E-state index contributed by atoms with van der Waals surface area (Å²) in [4.78, 5) is 29.7. The van der Waals surface area contributed by atoms with Crippen molar-refractivity contribution in [3.05, 3.63) is 51.6 Å². The van der Waals surface area contributed by atoms with E-state index in [2.05, 4.69) is 17.2 Å². The third-order valence-electron chi connectivity index (χ3n) is 3.89. The molecule has 1 N–H and O–H groups in total. The lowest BCUT2D eigenvalue weighted by Crippen LogP contribution is -2.27. The molecule has 0 aliphatic heterocycles. The van der Waals surface area contributed by atoms with Gasteiger partial charge in [0.15, 0.2) is 5.16 Å². The number of aromatic nitrogens is 2. The molecule has 0 spiro atoms. The van der Waals surface area contributed by atoms with Crippen molar-refractivity contribution in [3.63, 3.8) is 0 Å². The fourth-order valence-corrected chi connectivity index (χ4v) is 4.17. The highest BCUT2D eigenvalue weighted by Gasteiger charge is 2.15. The van der Waals surface area contributed by atoms with Crippen molar-refractivity contribution in [2.24, 2.45) is 0 Å². The third-order valence-corrected chi connectivity index (χ3v) is 5.72. The van der Waals surface area contributed by atoms with Gasteiger partial charge in [0.2, 0.25) is 5.91 Å². The molecule has 0 fully saturated rings. The summed E-state index contributed by atoms with van der Waals surface area (Å²) in [6, 6.07) is 9.59. The SMILES string of the molecule is CCCCNC(=O)CSc1nc2ccsc2c(=O)n1-c1cccc(C)c1. The summed E-state index contributed by atoms with van der Waals surface area (Å²) in [7, 11) is 0. The summed E-state index contributed by atoms with van der Waals surface area (Å²) in [6.07, 6.45) is 2.00. The number of nitrogens with zero attached hydrogens (tertiary/aromatic N) is 2. The van der Waals surface area contributed by atoms with E-state index in [1.165, 1.54) is 23.1 Å². The molecule has 0 bridgehead atoms. The maximum atomic E-state index is 13.0. The predicted molar refractivity (Wildman–Crippen MR) is 109 cm³/mol. The lowest BCUT2D eigenvalue weighted by Gasteiger charge is -2.12. The van der Waals surface area contributed by atoms with Crippen LogP contribution in [0.3, 0.4) is 0 Å². The summed E-state index contributed by atoms with van der Waals surface area (Å²) in [5, 5.41) is 5.30. The van der Waals surface area contributed by atoms with Gasteiger partial charge in [-0.05, 0) is 42.5 Å². The van der Waals surface area contributed by atoms with Crippen LogP contribution in [-0.4, -0.2) is 27.8 Å². The monoisotopic (exact) mass is 387 g/mol. The normalized spacial score (nSPS) is 11.0. The van der Waals surface area contributed by atoms with Crippen molar-refractivity contribution in [1.29, 1.82) is 0 Å². The molecule has 0 atom stereocenters. The zero-order valence-corrected chi connectivity index (χ0v) is 16.5. The van der Waals surface area contributed by atoms with Crippen molar-refractivity contribution in [2.45, 2.75) is 31.8 Å². The first-order chi connectivity index (χ1) is 12.6. The summed E-state index contributed by atoms with van der Waals surface area (Å²) in [6.45, 7) is 4.75. The van der Waals surface area contributed by atoms with Crippen LogP contribution in [0.5, 0.6) is 0 Å². The molecule has 0 saturated heterocycles. The third kappa shape index (κ3) is 4.16. The van der Waals surface area contributed by atoms with E-state index in [1.807, 2.05) is 42.6 Å². The lowest BCUT2D eigenvalue weighted by molar-refractivity contribution is -0.118. The highest BCUT2D eigenvalue weighted by atomic mass is 32.2. The van der Waals surface area contributed by atoms with Crippen LogP contribution in [0.4, 0.5) is 0 Å². The second-order valence-corrected chi connectivity index (χ2v) is 7.86. The van der Waals surface area contributed by atoms with E-state index in [0.29, 0.717) is 21.9 Å². The molecule has 0 aliphatic carbocycles. The fraction of sp³-hybridized carbons (Fsp3) is 0.316. The number of carbonyl (C=O) groups excluding carboxylic acids is 1. The topological polar surface area (TPSA) is 64.0 Å². The average molecular weight is 388 g/mol. The Morgan fingerprint density at radius 1 is 1.35 bits per heavy atom. The fourth-order valence-electron chi connectivity index (χ4n) is 2.57. The van der Waals surface area contributed by atoms with Crippen LogP contribution < -0.4 is 10.9 Å². The quantitative estimate of drug-likeness (QED) is 0.381. The van der Waals surface area contributed by atoms with E-state index in [9.17, 15) is 9.59 Å². The van der Waals surface area contributed by atoms with Gasteiger partial charge in [-0.1, -0.05) is 37.2 Å². The molecule has 2 aromatic heterocycles. The molecular formula is C19H21N3O2S2. The summed E-state index contributed by atoms with van der Waals surface area (Å²) in [5.41, 5.74) is 2.42. The van der Waals surface area contributed by atoms with Crippen LogP contribution >= 0.6 is 23.1 Å². The standard InChI is InChI=1S/C19H21N3O2S2/c1-3-4-9-20-16(23)12-26-19-21-15-8-10-25-17(15)18(24)22(19)14-7-5-6-13(2)11-14/h5-8,10-11H,3-4,9,12H2,1-2H3,(H,20,23). The van der Waals surface area contributed by atoms with Gasteiger partial charge in [-0.15, -0.1) is 11.3 Å². The first-order valence-electron chi connectivity index (χ1n) is 8.57. The zero-order valence-electron chi connectivity index (χ0n) is 14.8. The Morgan fingerprint density at radius 3 is 2.96 bits per heavy atom. The van der Waals surface area contributed by atoms with Crippen LogP contribution in [0.2, 0.25) is 0 Å². The van der Waals surface area contributed by atoms with Gasteiger partial charge in [-0.3, -0.25) is 14.2 Å². The molecule has 0 unspecified atom stereocenters. The molecule has 26 heavy (non-hydrogen) atoms. The number of thioether (sulfide) groups is 1. The van der Waals surface area contributed by atoms with Crippen LogP contribution in [-0.2, 0) is 4.79 Å². The Labute approximate surface area is 160 Å². The summed E-state index contributed by atoms with van der Waals surface area (Å²) < 4.78 is 2.23. The number of hydrogen-bond donors (Lipinski definition) is 1. The molecule has 136 valence electrons. The van der Waals surface area contributed by atoms with Crippen LogP contribution in [0.15, 0.2) is 45.7 Å². The number of aryl methyl sites for hydroxylation is 1. The highest BCUT2D eigenvalue weighted by Crippen LogP contribution is 2.23. The number of thiophene rings is 1. The number of benzene rings is 1. The second kappa shape index (κ2) is 8.51. The highest BCUT2D eigenvalue weighted by molar-refractivity contribution is 7.99. The van der Waals surface area contributed by atoms with Gasteiger partial charge in [0.25, 0.3) is 5.56 Å². The molecule has 2 heterocycles. The van der Waals surface area contributed by atoms with Gasteiger partial charge in [-0.25, -0.2) is 4.98 Å². The maximum Gasteiger partial charge on any atom is 0.276 e. The molecule has 0 radical (unpaired) electrons. The number of hydrogen-bond acceptors (Lipinski definition) is 5. The van der Waals surface area contributed by atoms with Crippen molar-refractivity contribution in [2.75, 3.05) is 12.3 Å². The van der Waals surface area contributed by atoms with E-state index >= 15 is 0 Å². The van der Waals surface area contributed by atoms with E-state index < -0.39 is 0 Å². The van der Waals surface area contributed by atoms with E-state index in [-0.39, 0.29) is 17.2 Å². The number of carbonyl (C=O) groups is 1. The first-order valence-corrected chi connectivity index (χ1v) is 10.4. The maximum absolute atomic E-state index is 13.0. The zero-order chi connectivity index (χ0) is 18.5. The minimum Gasteiger partial charge on any atom is -0.355 e. The number of unbranched alkanes of at least 4 members (excludes halogenated alkanes) is 1. The summed E-state index contributed by atoms with van der Waals surface area (Å²) in [5.74, 6) is 0.191. The molecule has 0 aliphatic rings. The minimum atomic E-state index is -0.0931. The van der Waals surface area contributed by atoms with Crippen LogP contribution in [0.25, 0.3) is 15.9 Å². The van der Waals surface area contributed by atoms with Gasteiger partial charge < -0.3 is 5.32 Å². The average Bonchev–Trinajstić information content (AvgIpc) is 3.09. The molecule has 0 saturated carbocycles. The molecule has 1 aromatic carbocycles. The Hall–Kier alpha value is -2.12. The molecule has 1 amide bonds. The molecule has 3 rings (SSSR count). The lowest BCUT2D eigenvalue weighted by atomic mass is 10.2. The number of fused-ring (bicyclic) bond motifs is 1. The minimum absolute atomic E-state index is 0.0427. The molecular weight excluding hydrogens is 366 g/mol. The largest absolute Gasteiger partial charge is 0.355 e. The van der Waals surface area contributed by atoms with Crippen molar-refractivity contribution in [1.82, 2.24) is 14.9 Å². The van der Waals surface area contributed by atoms with Gasteiger partial charge in [-0.2, -0.15) is 0 Å². The van der Waals surface area contributed by atoms with Crippen molar-refractivity contribution >= 4 is 39.2 Å². The van der Waals surface area contributed by atoms with E-state index in [4.69, 9.17) is 0 Å². The number of amides is 1. The Morgan fingerprint density at radius 2 is 2.19 bits per heavy atom. The van der Waals surface area contributed by atoms with Crippen LogP contribution in [0.1, 0.15) is 25.3 Å². The molecule has 7 heteroatoms. The Balaban J connectivity index is 1.94.